The molecule has 1 aliphatic heterocycles. The highest BCUT2D eigenvalue weighted by Gasteiger charge is 2.56. The van der Waals surface area contributed by atoms with Gasteiger partial charge < -0.3 is 43.5 Å². The van der Waals surface area contributed by atoms with Gasteiger partial charge >= 0.3 is 31.5 Å². The molecule has 16 heteroatoms. The van der Waals surface area contributed by atoms with Crippen molar-refractivity contribution >= 4 is 37.4 Å². The van der Waals surface area contributed by atoms with Crippen LogP contribution < -0.4 is 5.32 Å². The molecule has 3 N–H and O–H groups in total. The molecule has 1 fully saturated rings. The molecular formula is C19H30NO14P. The fourth-order valence-electron chi connectivity index (χ4n) is 3.43. The predicted molar refractivity (Wildman–Crippen MR) is 112 cm³/mol. The molecule has 200 valence electrons. The number of nitrogens with one attached hydrogen (secondary N) is 1. The highest BCUT2D eigenvalue weighted by Crippen LogP contribution is 2.38. The SMILES string of the molecule is CC(=O)N[C@@H]([C@H]1O[C@@H](OCP(=O)(O)O)[C@H](OC(C)=O)[C@@H](OC(C)=O)[C@H]1OC(C)=O)[C@@H](C)OC(C)=O. The largest absolute Gasteiger partial charge is 0.461 e. The molecule has 0 aliphatic carbocycles. The van der Waals surface area contributed by atoms with E-state index in [1.807, 2.05) is 0 Å². The van der Waals surface area contributed by atoms with Gasteiger partial charge in [0.1, 0.15) is 12.2 Å². The lowest BCUT2D eigenvalue weighted by atomic mass is 9.90. The zero-order valence-corrected chi connectivity index (χ0v) is 20.9. The minimum absolute atomic E-state index is 0.613. The molecule has 1 aliphatic rings. The number of ether oxygens (including phenoxy) is 6. The standard InChI is InChI=1S/C19H30NO14P/c1-8(30-10(3)22)14(20-9(2)21)15-16(31-11(4)23)17(32-12(5)24)18(33-13(6)25)19(34-15)29-7-35(26,27)28/h8,14-19H,7H2,1-6H3,(H,20,21)(H2,26,27,28)/t8-,14-,15-,16+,17+,18-,19-/m1/s1. The summed E-state index contributed by atoms with van der Waals surface area (Å²) < 4.78 is 43.2. The molecule has 1 saturated heterocycles. The van der Waals surface area contributed by atoms with Crippen LogP contribution in [0.5, 0.6) is 0 Å². The van der Waals surface area contributed by atoms with Crippen LogP contribution in [0.1, 0.15) is 41.5 Å². The zero-order chi connectivity index (χ0) is 27.1. The number of esters is 4. The normalized spacial score (nSPS) is 26.0. The Morgan fingerprint density at radius 3 is 1.77 bits per heavy atom. The van der Waals surface area contributed by atoms with E-state index < -0.39 is 86.6 Å². The first-order valence-electron chi connectivity index (χ1n) is 10.3. The molecule has 0 aromatic carbocycles. The lowest BCUT2D eigenvalue weighted by molar-refractivity contribution is -0.307. The molecule has 1 rings (SSSR count). The third-order valence-electron chi connectivity index (χ3n) is 4.43. The first-order valence-corrected chi connectivity index (χ1v) is 12.1. The monoisotopic (exact) mass is 527 g/mol. The van der Waals surface area contributed by atoms with Crippen LogP contribution in [-0.4, -0.2) is 88.8 Å². The molecular weight excluding hydrogens is 497 g/mol. The van der Waals surface area contributed by atoms with Gasteiger partial charge in [-0.25, -0.2) is 0 Å². The van der Waals surface area contributed by atoms with E-state index in [1.54, 1.807) is 0 Å². The van der Waals surface area contributed by atoms with Gasteiger partial charge in [0, 0.05) is 34.6 Å². The molecule has 0 bridgehead atoms. The number of hydrogen-bond acceptors (Lipinski definition) is 12. The Hall–Kier alpha value is -2.58. The van der Waals surface area contributed by atoms with Crippen LogP contribution in [-0.2, 0) is 57.0 Å². The van der Waals surface area contributed by atoms with E-state index in [2.05, 4.69) is 5.32 Å². The van der Waals surface area contributed by atoms with Gasteiger partial charge in [-0.2, -0.15) is 0 Å². The van der Waals surface area contributed by atoms with Gasteiger partial charge in [-0.3, -0.25) is 28.5 Å². The molecule has 0 aromatic rings. The molecule has 7 atom stereocenters. The lowest BCUT2D eigenvalue weighted by Gasteiger charge is -2.47. The first kappa shape index (κ1) is 30.5. The summed E-state index contributed by atoms with van der Waals surface area (Å²) in [7, 11) is -4.76. The van der Waals surface area contributed by atoms with Gasteiger partial charge in [-0.05, 0) is 6.92 Å². The van der Waals surface area contributed by atoms with Crippen molar-refractivity contribution in [3.05, 3.63) is 0 Å². The van der Waals surface area contributed by atoms with E-state index in [4.69, 9.17) is 28.4 Å². The smallest absolute Gasteiger partial charge is 0.351 e. The second-order valence-corrected chi connectivity index (χ2v) is 9.28. The summed E-state index contributed by atoms with van der Waals surface area (Å²) in [4.78, 5) is 77.5. The number of carbonyl (C=O) groups excluding carboxylic acids is 5. The fraction of sp³-hybridized carbons (Fsp3) is 0.737. The number of amides is 1. The molecule has 0 radical (unpaired) electrons. The van der Waals surface area contributed by atoms with Gasteiger partial charge in [-0.1, -0.05) is 0 Å². The highest BCUT2D eigenvalue weighted by molar-refractivity contribution is 7.51. The first-order chi connectivity index (χ1) is 16.0. The molecule has 0 aromatic heterocycles. The van der Waals surface area contributed by atoms with Crippen LogP contribution in [0.3, 0.4) is 0 Å². The van der Waals surface area contributed by atoms with Crippen LogP contribution >= 0.6 is 7.60 Å². The molecule has 0 spiro atoms. The predicted octanol–water partition coefficient (Wildman–Crippen LogP) is -0.885. The Balaban J connectivity index is 3.64. The van der Waals surface area contributed by atoms with Gasteiger partial charge in [0.25, 0.3) is 0 Å². The van der Waals surface area contributed by atoms with E-state index in [-0.39, 0.29) is 0 Å². The van der Waals surface area contributed by atoms with Crippen molar-refractivity contribution in [2.75, 3.05) is 6.35 Å². The van der Waals surface area contributed by atoms with E-state index in [1.165, 1.54) is 6.92 Å². The summed E-state index contributed by atoms with van der Waals surface area (Å²) in [6.45, 7) is 6.68. The molecule has 1 amide bonds. The van der Waals surface area contributed by atoms with E-state index in [9.17, 15) is 38.3 Å². The van der Waals surface area contributed by atoms with Crippen molar-refractivity contribution in [1.29, 1.82) is 0 Å². The van der Waals surface area contributed by atoms with Crippen molar-refractivity contribution < 1.29 is 66.7 Å². The summed E-state index contributed by atoms with van der Waals surface area (Å²) in [5.41, 5.74) is 0. The Bertz CT molecular complexity index is 856. The van der Waals surface area contributed by atoms with E-state index in [0.717, 1.165) is 34.6 Å². The molecule has 0 saturated carbocycles. The van der Waals surface area contributed by atoms with Crippen molar-refractivity contribution in [2.24, 2.45) is 0 Å². The minimum Gasteiger partial charge on any atom is -0.461 e. The van der Waals surface area contributed by atoms with Crippen molar-refractivity contribution in [3.8, 4) is 0 Å². The highest BCUT2D eigenvalue weighted by atomic mass is 31.2. The average Bonchev–Trinajstić information content (AvgIpc) is 2.65. The Morgan fingerprint density at radius 1 is 0.857 bits per heavy atom. The molecule has 0 unspecified atom stereocenters. The Labute approximate surface area is 200 Å². The van der Waals surface area contributed by atoms with Crippen molar-refractivity contribution in [3.63, 3.8) is 0 Å². The molecule has 15 nitrogen and oxygen atoms in total. The van der Waals surface area contributed by atoms with Gasteiger partial charge in [0.2, 0.25) is 5.91 Å². The van der Waals surface area contributed by atoms with Crippen LogP contribution in [0.15, 0.2) is 0 Å². The van der Waals surface area contributed by atoms with Gasteiger partial charge in [-0.15, -0.1) is 0 Å². The number of carbonyl (C=O) groups is 5. The maximum atomic E-state index is 11.9. The summed E-state index contributed by atoms with van der Waals surface area (Å²) in [6, 6.07) is -1.25. The molecule has 35 heavy (non-hydrogen) atoms. The number of rotatable bonds is 10. The maximum Gasteiger partial charge on any atom is 0.351 e. The van der Waals surface area contributed by atoms with Gasteiger partial charge in [0.05, 0.1) is 6.04 Å². The van der Waals surface area contributed by atoms with Crippen LogP contribution in [0.2, 0.25) is 0 Å². The van der Waals surface area contributed by atoms with Crippen molar-refractivity contribution in [2.45, 2.75) is 84.4 Å². The summed E-state index contributed by atoms with van der Waals surface area (Å²) in [5.74, 6) is -4.02. The third kappa shape index (κ3) is 10.3. The summed E-state index contributed by atoms with van der Waals surface area (Å²) in [6.07, 6.45) is -10.3. The third-order valence-corrected chi connectivity index (χ3v) is 4.91. The van der Waals surface area contributed by atoms with Crippen molar-refractivity contribution in [1.82, 2.24) is 5.32 Å². The summed E-state index contributed by atoms with van der Waals surface area (Å²) in [5, 5.41) is 2.49. The maximum absolute atomic E-state index is 11.9. The number of hydrogen-bond donors (Lipinski definition) is 3. The minimum atomic E-state index is -4.76. The average molecular weight is 527 g/mol. The second-order valence-electron chi connectivity index (χ2n) is 7.69. The van der Waals surface area contributed by atoms with Gasteiger partial charge in [0.15, 0.2) is 30.9 Å². The zero-order valence-electron chi connectivity index (χ0n) is 20.0. The fourth-order valence-corrected chi connectivity index (χ4v) is 3.78. The van der Waals surface area contributed by atoms with Crippen LogP contribution in [0.4, 0.5) is 0 Å². The van der Waals surface area contributed by atoms with Crippen LogP contribution in [0, 0.1) is 0 Å². The van der Waals surface area contributed by atoms with E-state index in [0.29, 0.717) is 0 Å². The Morgan fingerprint density at radius 2 is 1.34 bits per heavy atom. The molecule has 1 heterocycles. The second kappa shape index (κ2) is 12.9. The lowest BCUT2D eigenvalue weighted by Crippen LogP contribution is -2.68. The Kier molecular flexibility index (Phi) is 11.2. The topological polar surface area (TPSA) is 210 Å². The summed E-state index contributed by atoms with van der Waals surface area (Å²) >= 11 is 0. The van der Waals surface area contributed by atoms with E-state index >= 15 is 0 Å². The quantitative estimate of drug-likeness (QED) is 0.179. The van der Waals surface area contributed by atoms with Crippen LogP contribution in [0.25, 0.3) is 0 Å².